The van der Waals surface area contributed by atoms with E-state index in [0.29, 0.717) is 50.5 Å². The number of carbonyl (C=O) groups is 4. The van der Waals surface area contributed by atoms with Gasteiger partial charge in [-0.05, 0) is 120 Å². The van der Waals surface area contributed by atoms with Crippen molar-refractivity contribution in [2.24, 2.45) is 29.6 Å². The van der Waals surface area contributed by atoms with Crippen LogP contribution >= 0.6 is 0 Å². The number of ketones is 2. The highest BCUT2D eigenvalue weighted by atomic mass is 16.7. The van der Waals surface area contributed by atoms with Gasteiger partial charge in [0.25, 0.3) is 11.7 Å². The van der Waals surface area contributed by atoms with Gasteiger partial charge in [-0.25, -0.2) is 4.79 Å². The Bertz CT molecular complexity index is 2030. The Morgan fingerprint density at radius 3 is 2.35 bits per heavy atom. The van der Waals surface area contributed by atoms with E-state index in [0.717, 1.165) is 28.6 Å². The summed E-state index contributed by atoms with van der Waals surface area (Å²) in [4.78, 5) is 61.6. The number of H-pyrrole nitrogens is 1. The van der Waals surface area contributed by atoms with E-state index in [1.807, 2.05) is 57.3 Å². The van der Waals surface area contributed by atoms with E-state index in [2.05, 4.69) is 18.0 Å². The van der Waals surface area contributed by atoms with Crippen LogP contribution in [0.5, 0.6) is 5.75 Å². The third-order valence-electron chi connectivity index (χ3n) is 14.7. The Kier molecular flexibility index (Phi) is 17.3. The molecule has 4 heterocycles. The highest BCUT2D eigenvalue weighted by Crippen LogP contribution is 2.40. The van der Waals surface area contributed by atoms with Crippen LogP contribution < -0.4 is 4.74 Å². The maximum Gasteiger partial charge on any atom is 0.329 e. The van der Waals surface area contributed by atoms with Crippen LogP contribution in [0, 0.1) is 29.6 Å². The van der Waals surface area contributed by atoms with Crippen molar-refractivity contribution in [1.29, 1.82) is 0 Å². The van der Waals surface area contributed by atoms with Crippen molar-refractivity contribution in [2.75, 3.05) is 27.9 Å². The van der Waals surface area contributed by atoms with Crippen LogP contribution in [0.3, 0.4) is 0 Å². The number of Topliss-reactive ketones (excluding diaryl/α,β-unsaturated/α-hetero) is 2. The minimum Gasteiger partial charge on any atom is -0.488 e. The molecule has 3 N–H and O–H groups in total. The molecule has 2 saturated heterocycles. The normalized spacial score (nSPS) is 36.7. The van der Waals surface area contributed by atoms with Crippen molar-refractivity contribution >= 4 is 34.3 Å². The molecule has 65 heavy (non-hydrogen) atoms. The average Bonchev–Trinajstić information content (AvgIpc) is 3.77. The monoisotopic (exact) mass is 907 g/mol. The summed E-state index contributed by atoms with van der Waals surface area (Å²) in [7, 11) is 4.76. The molecule has 1 aromatic heterocycles. The lowest BCUT2D eigenvalue weighted by atomic mass is 9.81. The molecule has 0 spiro atoms. The van der Waals surface area contributed by atoms with Gasteiger partial charge >= 0.3 is 5.97 Å². The Labute approximate surface area is 384 Å². The number of rotatable bonds is 8. The summed E-state index contributed by atoms with van der Waals surface area (Å²) in [5.41, 5.74) is 2.72. The number of ether oxygens (including phenoxy) is 6. The lowest BCUT2D eigenvalue weighted by Crippen LogP contribution is -2.64. The van der Waals surface area contributed by atoms with Gasteiger partial charge in [-0.2, -0.15) is 0 Å². The fourth-order valence-electron chi connectivity index (χ4n) is 10.8. The standard InChI is InChI=1S/C51H74N2O12/c1-10-35-22-29(2)21-30(3)23-44(61-8)47-45(62-9)25-32(5)51(59,65-47)48(56)49(57)53-20-12-11-13-39(53)50(58)64-46(33(6)40(54)28-41(35)55)31(4)24-34-14-17-42(43(26-34)60-7)63-37-15-16-38-36(27-37)18-19-52-38/h15-16,18-19,22,24,27,30,32-35,39-40,42-47,52,54,59H,10-14,17,20-21,23,25-26,28H2,1-9H3. The summed E-state index contributed by atoms with van der Waals surface area (Å²) in [5, 5.41) is 25.0. The van der Waals surface area contributed by atoms with Gasteiger partial charge in [-0.15, -0.1) is 0 Å². The molecule has 14 atom stereocenters. The van der Waals surface area contributed by atoms with Crippen LogP contribution in [0.2, 0.25) is 0 Å². The summed E-state index contributed by atoms with van der Waals surface area (Å²) in [6, 6.07) is 6.82. The lowest BCUT2D eigenvalue weighted by Gasteiger charge is -2.47. The average molecular weight is 907 g/mol. The Hall–Kier alpha value is -3.92. The van der Waals surface area contributed by atoms with Crippen LogP contribution in [0.25, 0.3) is 10.9 Å². The molecule has 14 heteroatoms. The van der Waals surface area contributed by atoms with Gasteiger partial charge in [0.15, 0.2) is 0 Å². The predicted molar refractivity (Wildman–Crippen MR) is 245 cm³/mol. The molecule has 0 radical (unpaired) electrons. The number of cyclic esters (lactones) is 1. The van der Waals surface area contributed by atoms with E-state index in [1.54, 1.807) is 21.0 Å². The van der Waals surface area contributed by atoms with Crippen LogP contribution in [0.15, 0.2) is 53.8 Å². The summed E-state index contributed by atoms with van der Waals surface area (Å²) in [6.07, 6.45) is 6.54. The second kappa shape index (κ2) is 22.3. The number of hydrogen-bond acceptors (Lipinski definition) is 12. The molecular weight excluding hydrogens is 833 g/mol. The number of piperidine rings is 1. The maximum absolute atomic E-state index is 14.5. The smallest absolute Gasteiger partial charge is 0.329 e. The largest absolute Gasteiger partial charge is 0.488 e. The third-order valence-corrected chi connectivity index (χ3v) is 14.7. The van der Waals surface area contributed by atoms with E-state index in [9.17, 15) is 29.4 Å². The van der Waals surface area contributed by atoms with Crippen LogP contribution in [0.1, 0.15) is 112 Å². The van der Waals surface area contributed by atoms with Gasteiger partial charge in [0, 0.05) is 69.1 Å². The molecule has 6 rings (SSSR count). The van der Waals surface area contributed by atoms with Gasteiger partial charge in [-0.3, -0.25) is 14.4 Å². The Morgan fingerprint density at radius 1 is 0.923 bits per heavy atom. The van der Waals surface area contributed by atoms with Crippen molar-refractivity contribution in [2.45, 2.75) is 167 Å². The number of nitrogens with zero attached hydrogens (tertiary/aromatic N) is 1. The predicted octanol–water partition coefficient (Wildman–Crippen LogP) is 7.04. The SMILES string of the molecule is CCC1C=C(C)CC(C)CC(OC)C2OC(O)(C(=O)C(=O)N3CCCCC3C(=O)OC(C(C)=CC3CCC(Oc4ccc5[nH]ccc5c4)C(OC)C3)C(C)C(O)CC1=O)C(C)CC2OC. The number of benzene rings is 1. The number of aromatic amines is 1. The fraction of sp³-hybridized carbons (Fsp3) is 0.686. The van der Waals surface area contributed by atoms with Gasteiger partial charge in [0.2, 0.25) is 5.79 Å². The Balaban J connectivity index is 1.30. The van der Waals surface area contributed by atoms with Gasteiger partial charge in [0.05, 0.1) is 24.4 Å². The van der Waals surface area contributed by atoms with Crippen LogP contribution in [-0.4, -0.2) is 126 Å². The van der Waals surface area contributed by atoms with Crippen molar-refractivity contribution < 1.29 is 57.8 Å². The number of aliphatic hydroxyl groups is 2. The Morgan fingerprint density at radius 2 is 1.65 bits per heavy atom. The molecule has 3 aliphatic heterocycles. The molecule has 2 aromatic rings. The second-order valence-corrected chi connectivity index (χ2v) is 19.5. The summed E-state index contributed by atoms with van der Waals surface area (Å²) in [5.74, 6) is -6.72. The number of amides is 1. The molecule has 2 bridgehead atoms. The first-order chi connectivity index (χ1) is 31.0. The molecule has 1 amide bonds. The van der Waals surface area contributed by atoms with Crippen molar-refractivity contribution in [1.82, 2.24) is 9.88 Å². The van der Waals surface area contributed by atoms with Crippen molar-refractivity contribution in [3.8, 4) is 5.75 Å². The van der Waals surface area contributed by atoms with Gasteiger partial charge in [0.1, 0.15) is 35.9 Å². The van der Waals surface area contributed by atoms with E-state index < -0.39 is 77.8 Å². The first-order valence-electron chi connectivity index (χ1n) is 23.9. The van der Waals surface area contributed by atoms with E-state index in [-0.39, 0.29) is 55.6 Å². The second-order valence-electron chi connectivity index (χ2n) is 19.5. The highest BCUT2D eigenvalue weighted by molar-refractivity contribution is 6.39. The molecular formula is C51H74N2O12. The maximum atomic E-state index is 14.5. The van der Waals surface area contributed by atoms with Crippen LogP contribution in [0.4, 0.5) is 0 Å². The zero-order chi connectivity index (χ0) is 47.2. The van der Waals surface area contributed by atoms with E-state index >= 15 is 0 Å². The number of allylic oxidation sites excluding steroid dienone is 3. The van der Waals surface area contributed by atoms with Crippen LogP contribution in [-0.2, 0) is 42.9 Å². The highest BCUT2D eigenvalue weighted by Gasteiger charge is 2.56. The number of fused-ring (bicyclic) bond motifs is 4. The number of hydrogen-bond donors (Lipinski definition) is 3. The molecule has 4 aliphatic rings. The van der Waals surface area contributed by atoms with Crippen molar-refractivity contribution in [3.63, 3.8) is 0 Å². The van der Waals surface area contributed by atoms with Crippen molar-refractivity contribution in [3.05, 3.63) is 53.8 Å². The first kappa shape index (κ1) is 50.5. The first-order valence-corrected chi connectivity index (χ1v) is 23.9. The van der Waals surface area contributed by atoms with Gasteiger partial charge in [-0.1, -0.05) is 45.4 Å². The van der Waals surface area contributed by atoms with Gasteiger partial charge < -0.3 is 48.5 Å². The van der Waals surface area contributed by atoms with E-state index in [4.69, 9.17) is 28.4 Å². The number of methoxy groups -OCH3 is 3. The number of carbonyl (C=O) groups excluding carboxylic acids is 4. The number of aromatic nitrogens is 1. The lowest BCUT2D eigenvalue weighted by molar-refractivity contribution is -0.302. The zero-order valence-corrected chi connectivity index (χ0v) is 40.0. The molecule has 14 unspecified atom stereocenters. The molecule has 1 aromatic carbocycles. The number of nitrogens with one attached hydrogen (secondary N) is 1. The quantitative estimate of drug-likeness (QED) is 0.140. The third kappa shape index (κ3) is 11.6. The molecule has 360 valence electrons. The zero-order valence-electron chi connectivity index (χ0n) is 40.0. The number of aliphatic hydroxyl groups excluding tert-OH is 1. The minimum atomic E-state index is -2.51. The summed E-state index contributed by atoms with van der Waals surface area (Å²) >= 11 is 0. The molecule has 3 fully saturated rings. The minimum absolute atomic E-state index is 0.0181. The topological polar surface area (TPSA) is 183 Å². The fourth-order valence-corrected chi connectivity index (χ4v) is 10.8. The summed E-state index contributed by atoms with van der Waals surface area (Å²) < 4.78 is 36.9. The molecule has 1 aliphatic carbocycles. The van der Waals surface area contributed by atoms with E-state index in [1.165, 1.54) is 19.1 Å². The number of esters is 1. The molecule has 1 saturated carbocycles. The molecule has 14 nitrogen and oxygen atoms in total. The summed E-state index contributed by atoms with van der Waals surface area (Å²) in [6.45, 7) is 11.4.